The molecule has 0 aliphatic heterocycles. The van der Waals surface area contributed by atoms with Crippen LogP contribution in [-0.2, 0) is 11.3 Å². The molecular weight excluding hydrogens is 446 g/mol. The van der Waals surface area contributed by atoms with Crippen LogP contribution in [0.25, 0.3) is 0 Å². The quantitative estimate of drug-likeness (QED) is 0.281. The molecule has 0 N–H and O–H groups in total. The Bertz CT molecular complexity index is 1030. The van der Waals surface area contributed by atoms with Crippen LogP contribution in [0.4, 0.5) is 0 Å². The molecule has 30 heavy (non-hydrogen) atoms. The van der Waals surface area contributed by atoms with Gasteiger partial charge in [-0.25, -0.2) is 0 Å². The molecule has 0 amide bonds. The van der Waals surface area contributed by atoms with Crippen molar-refractivity contribution in [2.45, 2.75) is 12.3 Å². The molecule has 0 aromatic heterocycles. The zero-order valence-electron chi connectivity index (χ0n) is 17.5. The van der Waals surface area contributed by atoms with Crippen molar-refractivity contribution < 1.29 is 4.74 Å². The van der Waals surface area contributed by atoms with Gasteiger partial charge in [-0.05, 0) is 0 Å². The van der Waals surface area contributed by atoms with Crippen molar-refractivity contribution in [1.82, 2.24) is 0 Å². The summed E-state index contributed by atoms with van der Waals surface area (Å²) in [6, 6.07) is 42.5. The molecule has 0 heterocycles. The first-order valence-electron chi connectivity index (χ1n) is 10.2. The number of methoxy groups -OCH3 is 1. The Morgan fingerprint density at radius 1 is 0.633 bits per heavy atom. The van der Waals surface area contributed by atoms with E-state index in [-0.39, 0.29) is 0 Å². The molecule has 4 aromatic rings. The predicted octanol–water partition coefficient (Wildman–Crippen LogP) is 4.66. The molecule has 0 fully saturated rings. The van der Waals surface area contributed by atoms with E-state index in [1.807, 2.05) is 0 Å². The molecule has 1 unspecified atom stereocenters. The van der Waals surface area contributed by atoms with Gasteiger partial charge in [-0.15, -0.1) is 0 Å². The maximum atomic E-state index is 5.65. The van der Waals surface area contributed by atoms with Crippen LogP contribution in [0.5, 0.6) is 0 Å². The fraction of sp³-hybridized carbons (Fsp3) is 0.111. The summed E-state index contributed by atoms with van der Waals surface area (Å²) in [6.07, 6.45) is 0. The van der Waals surface area contributed by atoms with E-state index in [2.05, 4.69) is 121 Å². The average Bonchev–Trinajstić information content (AvgIpc) is 2.83. The van der Waals surface area contributed by atoms with Crippen molar-refractivity contribution in [1.29, 1.82) is 0 Å². The maximum absolute atomic E-state index is 5.65. The zero-order valence-corrected chi connectivity index (χ0v) is 20.3. The van der Waals surface area contributed by atoms with Crippen LogP contribution >= 0.6 is 5.82 Å². The van der Waals surface area contributed by atoms with Crippen LogP contribution in [0.3, 0.4) is 0 Å². The Morgan fingerprint density at radius 3 is 1.63 bits per heavy atom. The van der Waals surface area contributed by atoms with Gasteiger partial charge < -0.3 is 0 Å². The Kier molecular flexibility index (Phi) is 6.85. The summed E-state index contributed by atoms with van der Waals surface area (Å²) in [5.74, 6) is -1.87. The van der Waals surface area contributed by atoms with Gasteiger partial charge in [0.2, 0.25) is 0 Å². The molecular formula is C27H27AsOP+. The first-order chi connectivity index (χ1) is 14.8. The van der Waals surface area contributed by atoms with E-state index < -0.39 is 20.0 Å². The third-order valence-electron chi connectivity index (χ3n) is 5.48. The van der Waals surface area contributed by atoms with Gasteiger partial charge in [0.15, 0.2) is 0 Å². The van der Waals surface area contributed by atoms with Gasteiger partial charge in [-0.3, -0.25) is 0 Å². The summed E-state index contributed by atoms with van der Waals surface area (Å²) in [5.41, 5.74) is 3.85. The summed E-state index contributed by atoms with van der Waals surface area (Å²) in [5, 5.41) is 4.40. The first kappa shape index (κ1) is 21.1. The SMILES string of the molecule is COCc1ccccc1[P+](c1ccccc1)(c1ccccc1)[As](C)c1ccccc1. The fourth-order valence-electron chi connectivity index (χ4n) is 4.14. The van der Waals surface area contributed by atoms with E-state index in [0.717, 1.165) is 0 Å². The Balaban J connectivity index is 2.10. The molecule has 1 nitrogen and oxygen atoms in total. The van der Waals surface area contributed by atoms with Crippen molar-refractivity contribution >= 4 is 40.3 Å². The zero-order chi connectivity index (χ0) is 20.8. The van der Waals surface area contributed by atoms with E-state index in [1.165, 1.54) is 25.8 Å². The van der Waals surface area contributed by atoms with Gasteiger partial charge >= 0.3 is 185 Å². The molecule has 0 bridgehead atoms. The van der Waals surface area contributed by atoms with E-state index in [4.69, 9.17) is 4.74 Å². The molecule has 0 radical (unpaired) electrons. The van der Waals surface area contributed by atoms with Crippen LogP contribution in [0.15, 0.2) is 115 Å². The van der Waals surface area contributed by atoms with Crippen molar-refractivity contribution in [2.75, 3.05) is 7.11 Å². The second-order valence-electron chi connectivity index (χ2n) is 7.23. The van der Waals surface area contributed by atoms with Crippen molar-refractivity contribution in [3.05, 3.63) is 121 Å². The van der Waals surface area contributed by atoms with Crippen LogP contribution in [-0.4, -0.2) is 21.3 Å². The summed E-state index contributed by atoms with van der Waals surface area (Å²) in [6.45, 7) is 0.634. The molecule has 4 aromatic carbocycles. The molecule has 0 aliphatic carbocycles. The van der Waals surface area contributed by atoms with Gasteiger partial charge in [0, 0.05) is 0 Å². The Labute approximate surface area is 184 Å². The van der Waals surface area contributed by atoms with Gasteiger partial charge in [0.1, 0.15) is 0 Å². The van der Waals surface area contributed by atoms with E-state index >= 15 is 0 Å². The van der Waals surface area contributed by atoms with Crippen LogP contribution in [0.1, 0.15) is 5.56 Å². The molecule has 150 valence electrons. The number of hydrogen-bond donors (Lipinski definition) is 0. The number of ether oxygens (including phenoxy) is 1. The molecule has 0 aliphatic rings. The average molecular weight is 473 g/mol. The summed E-state index contributed by atoms with van der Waals surface area (Å²) in [4.78, 5) is 0. The summed E-state index contributed by atoms with van der Waals surface area (Å²) in [7, 11) is 1.79. The van der Waals surface area contributed by atoms with E-state index in [1.54, 1.807) is 7.11 Å². The second kappa shape index (κ2) is 9.76. The molecule has 0 spiro atoms. The second-order valence-corrected chi connectivity index (χ2v) is 20.2. The minimum atomic E-state index is -1.87. The number of hydrogen-bond acceptors (Lipinski definition) is 1. The van der Waals surface area contributed by atoms with Crippen LogP contribution in [0.2, 0.25) is 5.71 Å². The number of rotatable bonds is 7. The van der Waals surface area contributed by atoms with Crippen LogP contribution < -0.4 is 20.3 Å². The predicted molar refractivity (Wildman–Crippen MR) is 134 cm³/mol. The van der Waals surface area contributed by atoms with Crippen molar-refractivity contribution in [3.63, 3.8) is 0 Å². The number of benzene rings is 4. The fourth-order valence-corrected chi connectivity index (χ4v) is 21.9. The van der Waals surface area contributed by atoms with Gasteiger partial charge in [0.05, 0.1) is 0 Å². The van der Waals surface area contributed by atoms with Crippen molar-refractivity contribution in [3.8, 4) is 0 Å². The van der Waals surface area contributed by atoms with Crippen molar-refractivity contribution in [2.24, 2.45) is 0 Å². The monoisotopic (exact) mass is 473 g/mol. The van der Waals surface area contributed by atoms with E-state index in [0.29, 0.717) is 6.61 Å². The topological polar surface area (TPSA) is 9.23 Å². The minimum absolute atomic E-state index is 0.634. The standard InChI is InChI=1S/C27H27AsOP/c1-28(24-15-6-3-7-16-24)30(25-17-8-4-9-18-25,26-19-10-5-11-20-26)27-21-13-12-14-23(27)22-29-2/h3-21H,22H2,1-2H3/q+1. The van der Waals surface area contributed by atoms with Gasteiger partial charge in [-0.1, -0.05) is 0 Å². The summed E-state index contributed by atoms with van der Waals surface area (Å²) < 4.78 is 7.17. The summed E-state index contributed by atoms with van der Waals surface area (Å²) >= 11 is -1.58. The third kappa shape index (κ3) is 3.91. The molecule has 0 saturated carbocycles. The first-order valence-corrected chi connectivity index (χ1v) is 17.2. The van der Waals surface area contributed by atoms with E-state index in [9.17, 15) is 0 Å². The molecule has 4 rings (SSSR count). The Hall–Kier alpha value is -2.17. The molecule has 3 heteroatoms. The Morgan fingerprint density at radius 2 is 1.10 bits per heavy atom. The third-order valence-corrected chi connectivity index (χ3v) is 22.9. The van der Waals surface area contributed by atoms with Gasteiger partial charge in [-0.2, -0.15) is 0 Å². The van der Waals surface area contributed by atoms with Gasteiger partial charge in [0.25, 0.3) is 0 Å². The normalized spacial score (nSPS) is 12.5. The molecule has 0 saturated heterocycles. The van der Waals surface area contributed by atoms with Crippen LogP contribution in [0, 0.1) is 0 Å². The molecule has 1 atom stereocenters.